The third kappa shape index (κ3) is 6.57. The third-order valence-electron chi connectivity index (χ3n) is 1.62. The van der Waals surface area contributed by atoms with E-state index in [1.54, 1.807) is 6.92 Å². The van der Waals surface area contributed by atoms with Crippen LogP contribution >= 0.6 is 7.60 Å². The van der Waals surface area contributed by atoms with E-state index in [9.17, 15) is 14.3 Å². The maximum absolute atomic E-state index is 11.3. The molecule has 6 heteroatoms. The van der Waals surface area contributed by atoms with Gasteiger partial charge in [0.1, 0.15) is 13.2 Å². The summed E-state index contributed by atoms with van der Waals surface area (Å²) in [7, 11) is 1.67. The summed E-state index contributed by atoms with van der Waals surface area (Å²) in [4.78, 5) is 20.3. The number of likely N-dealkylation sites (N-methyl/N-ethyl adjacent to an activating group) is 1. The van der Waals surface area contributed by atoms with E-state index in [0.717, 1.165) is 6.08 Å². The van der Waals surface area contributed by atoms with Gasteiger partial charge in [0.2, 0.25) is 0 Å². The van der Waals surface area contributed by atoms with Gasteiger partial charge >= 0.3 is 7.60 Å². The summed E-state index contributed by atoms with van der Waals surface area (Å²) < 4.78 is 16.6. The van der Waals surface area contributed by atoms with Gasteiger partial charge in [0.25, 0.3) is 5.52 Å². The zero-order valence-electron chi connectivity index (χ0n) is 9.64. The summed E-state index contributed by atoms with van der Waals surface area (Å²) in [6, 6.07) is 0. The molecular formula is C9H19NO4P+. The lowest BCUT2D eigenvalue weighted by molar-refractivity contribution is -0.870. The highest BCUT2D eigenvalue weighted by atomic mass is 31.2. The van der Waals surface area contributed by atoms with Gasteiger partial charge < -0.3 is 9.38 Å². The largest absolute Gasteiger partial charge is 0.398 e. The fraction of sp³-hybridized carbons (Fsp3) is 0.667. The molecule has 0 radical (unpaired) electrons. The standard InChI is InChI=1S/C9H18NO4P/c1-5-6-9(11)15(12,13)14-8-7-10(2,3)4/h5-6H,7-8H2,1-4H3/p+1. The van der Waals surface area contributed by atoms with Gasteiger partial charge in [0.15, 0.2) is 0 Å². The molecule has 0 heterocycles. The summed E-state index contributed by atoms with van der Waals surface area (Å²) in [5, 5.41) is 0. The first-order valence-electron chi connectivity index (χ1n) is 4.64. The molecule has 0 aliphatic heterocycles. The molecule has 0 fully saturated rings. The molecule has 1 atom stereocenters. The smallest absolute Gasteiger partial charge is 0.329 e. The lowest BCUT2D eigenvalue weighted by Crippen LogP contribution is -2.37. The molecule has 0 aliphatic rings. The van der Waals surface area contributed by atoms with Crippen molar-refractivity contribution in [3.63, 3.8) is 0 Å². The fourth-order valence-electron chi connectivity index (χ4n) is 0.739. The first-order valence-corrected chi connectivity index (χ1v) is 6.22. The molecule has 88 valence electrons. The zero-order valence-corrected chi connectivity index (χ0v) is 10.5. The molecule has 0 amide bonds. The molecule has 5 nitrogen and oxygen atoms in total. The predicted octanol–water partition coefficient (Wildman–Crippen LogP) is 0.997. The van der Waals surface area contributed by atoms with Crippen molar-refractivity contribution in [2.24, 2.45) is 0 Å². The normalized spacial score (nSPS) is 16.6. The number of carbonyl (C=O) groups is 1. The predicted molar refractivity (Wildman–Crippen MR) is 58.5 cm³/mol. The topological polar surface area (TPSA) is 63.6 Å². The van der Waals surface area contributed by atoms with Crippen molar-refractivity contribution in [3.8, 4) is 0 Å². The van der Waals surface area contributed by atoms with Crippen molar-refractivity contribution in [2.45, 2.75) is 6.92 Å². The summed E-state index contributed by atoms with van der Waals surface area (Å²) >= 11 is 0. The van der Waals surface area contributed by atoms with E-state index in [-0.39, 0.29) is 6.61 Å². The Morgan fingerprint density at radius 2 is 2.00 bits per heavy atom. The SMILES string of the molecule is CC=CC(=O)P(=O)(O)OCC[N+](C)(C)C. The summed E-state index contributed by atoms with van der Waals surface area (Å²) in [5.74, 6) is 0. The van der Waals surface area contributed by atoms with Gasteiger partial charge in [-0.2, -0.15) is 0 Å². The van der Waals surface area contributed by atoms with Gasteiger partial charge in [0, 0.05) is 0 Å². The van der Waals surface area contributed by atoms with E-state index < -0.39 is 13.1 Å². The average Bonchev–Trinajstić information content (AvgIpc) is 2.01. The van der Waals surface area contributed by atoms with Gasteiger partial charge in [-0.15, -0.1) is 0 Å². The van der Waals surface area contributed by atoms with Crippen molar-refractivity contribution in [1.82, 2.24) is 0 Å². The van der Waals surface area contributed by atoms with E-state index in [1.165, 1.54) is 6.08 Å². The highest BCUT2D eigenvalue weighted by molar-refractivity contribution is 7.71. The van der Waals surface area contributed by atoms with Crippen molar-refractivity contribution in [3.05, 3.63) is 12.2 Å². The average molecular weight is 236 g/mol. The monoisotopic (exact) mass is 236 g/mol. The molecule has 1 unspecified atom stereocenters. The molecule has 0 aromatic rings. The second-order valence-electron chi connectivity index (χ2n) is 4.21. The Morgan fingerprint density at radius 1 is 1.47 bits per heavy atom. The molecule has 0 saturated carbocycles. The van der Waals surface area contributed by atoms with E-state index in [2.05, 4.69) is 0 Å². The minimum atomic E-state index is -4.12. The highest BCUT2D eigenvalue weighted by Crippen LogP contribution is 2.43. The summed E-state index contributed by atoms with van der Waals surface area (Å²) in [6.45, 7) is 2.25. The van der Waals surface area contributed by atoms with Crippen LogP contribution in [0.3, 0.4) is 0 Å². The van der Waals surface area contributed by atoms with Crippen LogP contribution in [0.25, 0.3) is 0 Å². The highest BCUT2D eigenvalue weighted by Gasteiger charge is 2.28. The molecule has 1 N–H and O–H groups in total. The van der Waals surface area contributed by atoms with Gasteiger partial charge in [-0.25, -0.2) is 0 Å². The Bertz CT molecular complexity index is 293. The Hall–Kier alpha value is -0.480. The minimum absolute atomic E-state index is 0.0839. The molecule has 0 saturated heterocycles. The maximum Gasteiger partial charge on any atom is 0.398 e. The number of nitrogens with zero attached hydrogens (tertiary/aromatic N) is 1. The third-order valence-corrected chi connectivity index (χ3v) is 2.85. The Labute approximate surface area is 90.5 Å². The van der Waals surface area contributed by atoms with Crippen LogP contribution in [0.1, 0.15) is 6.92 Å². The molecule has 0 rings (SSSR count). The summed E-state index contributed by atoms with van der Waals surface area (Å²) in [5.41, 5.74) is -0.869. The van der Waals surface area contributed by atoms with E-state index in [0.29, 0.717) is 11.0 Å². The maximum atomic E-state index is 11.3. The molecule has 0 aliphatic carbocycles. The first kappa shape index (κ1) is 14.5. The van der Waals surface area contributed by atoms with Crippen molar-refractivity contribution < 1.29 is 23.3 Å². The van der Waals surface area contributed by atoms with Crippen LogP contribution < -0.4 is 0 Å². The summed E-state index contributed by atoms with van der Waals surface area (Å²) in [6.07, 6.45) is 2.46. The molecular weight excluding hydrogens is 217 g/mol. The molecule has 15 heavy (non-hydrogen) atoms. The van der Waals surface area contributed by atoms with Gasteiger partial charge in [-0.3, -0.25) is 13.9 Å². The number of quaternary nitrogens is 1. The zero-order chi connectivity index (χ0) is 12.1. The Kier molecular flexibility index (Phi) is 5.38. The van der Waals surface area contributed by atoms with E-state index in [4.69, 9.17) is 4.52 Å². The van der Waals surface area contributed by atoms with Crippen LogP contribution in [0, 0.1) is 0 Å². The Morgan fingerprint density at radius 3 is 2.40 bits per heavy atom. The van der Waals surface area contributed by atoms with Crippen LogP contribution in [-0.4, -0.2) is 49.2 Å². The van der Waals surface area contributed by atoms with E-state index in [1.807, 2.05) is 21.1 Å². The Balaban J connectivity index is 4.17. The van der Waals surface area contributed by atoms with Crippen LogP contribution in [-0.2, 0) is 13.9 Å². The van der Waals surface area contributed by atoms with Gasteiger partial charge in [0.05, 0.1) is 21.1 Å². The molecule has 0 bridgehead atoms. The van der Waals surface area contributed by atoms with Gasteiger partial charge in [-0.05, 0) is 13.0 Å². The first-order chi connectivity index (χ1) is 6.69. The number of rotatable bonds is 6. The van der Waals surface area contributed by atoms with Crippen LogP contribution in [0.2, 0.25) is 0 Å². The molecule has 0 spiro atoms. The lowest BCUT2D eigenvalue weighted by Gasteiger charge is -2.23. The van der Waals surface area contributed by atoms with E-state index >= 15 is 0 Å². The number of allylic oxidation sites excluding steroid dienone is 2. The minimum Gasteiger partial charge on any atom is -0.329 e. The quantitative estimate of drug-likeness (QED) is 0.424. The van der Waals surface area contributed by atoms with Gasteiger partial charge in [-0.1, -0.05) is 6.08 Å². The fourth-order valence-corrected chi connectivity index (χ4v) is 1.53. The van der Waals surface area contributed by atoms with Crippen LogP contribution in [0.5, 0.6) is 0 Å². The van der Waals surface area contributed by atoms with Crippen molar-refractivity contribution in [1.29, 1.82) is 0 Å². The lowest BCUT2D eigenvalue weighted by atomic mass is 10.5. The second-order valence-corrected chi connectivity index (χ2v) is 5.95. The van der Waals surface area contributed by atoms with Crippen LogP contribution in [0.4, 0.5) is 0 Å². The number of hydrogen-bond donors (Lipinski definition) is 1. The molecule has 0 aromatic carbocycles. The number of hydrogen-bond acceptors (Lipinski definition) is 3. The second kappa shape index (κ2) is 5.56. The van der Waals surface area contributed by atoms with Crippen LogP contribution in [0.15, 0.2) is 12.2 Å². The van der Waals surface area contributed by atoms with Crippen molar-refractivity contribution in [2.75, 3.05) is 34.3 Å². The van der Waals surface area contributed by atoms with Crippen molar-refractivity contribution >= 4 is 13.1 Å². The number of carbonyl (C=O) groups excluding carboxylic acids is 1. The molecule has 0 aromatic heterocycles.